The van der Waals surface area contributed by atoms with Gasteiger partial charge in [-0.15, -0.1) is 0 Å². The number of hydrogen-bond acceptors (Lipinski definition) is 1. The molecule has 1 aromatic carbocycles. The highest BCUT2D eigenvalue weighted by Crippen LogP contribution is 2.16. The van der Waals surface area contributed by atoms with Crippen molar-refractivity contribution < 1.29 is 5.11 Å². The van der Waals surface area contributed by atoms with Gasteiger partial charge in [0.15, 0.2) is 0 Å². The highest BCUT2D eigenvalue weighted by atomic mass is 16.3. The lowest BCUT2D eigenvalue weighted by molar-refractivity contribution is 0.474. The van der Waals surface area contributed by atoms with Gasteiger partial charge in [0, 0.05) is 5.56 Å². The van der Waals surface area contributed by atoms with E-state index in [2.05, 4.69) is 0 Å². The molecule has 0 atom stereocenters. The zero-order valence-corrected chi connectivity index (χ0v) is 7.07. The molecule has 0 radical (unpaired) electrons. The summed E-state index contributed by atoms with van der Waals surface area (Å²) in [6.07, 6.45) is 7.63. The number of allylic oxidation sites excluding steroid dienone is 3. The zero-order chi connectivity index (χ0) is 8.81. The maximum absolute atomic E-state index is 9.33. The monoisotopic (exact) mass is 160 g/mol. The third kappa shape index (κ3) is 2.27. The van der Waals surface area contributed by atoms with Crippen LogP contribution in [0, 0.1) is 0 Å². The molecule has 0 fully saturated rings. The van der Waals surface area contributed by atoms with Crippen molar-refractivity contribution in [2.24, 2.45) is 0 Å². The van der Waals surface area contributed by atoms with Crippen LogP contribution in [0.4, 0.5) is 0 Å². The van der Waals surface area contributed by atoms with Gasteiger partial charge >= 0.3 is 0 Å². The average Bonchev–Trinajstić information content (AvgIpc) is 2.09. The highest BCUT2D eigenvalue weighted by molar-refractivity contribution is 5.57. The van der Waals surface area contributed by atoms with Gasteiger partial charge in [-0.1, -0.05) is 42.5 Å². The number of hydrogen-bond donors (Lipinski definition) is 1. The van der Waals surface area contributed by atoms with Crippen LogP contribution in [-0.2, 0) is 0 Å². The van der Waals surface area contributed by atoms with E-state index in [0.29, 0.717) is 5.75 Å². The molecule has 1 aromatic rings. The molecule has 1 heteroatoms. The number of benzene rings is 1. The van der Waals surface area contributed by atoms with Gasteiger partial charge in [-0.25, -0.2) is 0 Å². The third-order valence-corrected chi connectivity index (χ3v) is 1.52. The van der Waals surface area contributed by atoms with Crippen LogP contribution in [0.3, 0.4) is 0 Å². The van der Waals surface area contributed by atoms with E-state index in [9.17, 15) is 5.11 Å². The molecule has 12 heavy (non-hydrogen) atoms. The molecule has 62 valence electrons. The molecule has 0 unspecified atom stereocenters. The molecular formula is C11H12O. The Morgan fingerprint density at radius 1 is 1.17 bits per heavy atom. The number of phenols is 1. The zero-order valence-electron chi connectivity index (χ0n) is 7.07. The molecule has 0 aliphatic rings. The van der Waals surface area contributed by atoms with Gasteiger partial charge in [0.1, 0.15) is 5.75 Å². The second kappa shape index (κ2) is 4.39. The van der Waals surface area contributed by atoms with Crippen LogP contribution in [-0.4, -0.2) is 5.11 Å². The SMILES string of the molecule is C/C=C/C=C/c1ccccc1O. The smallest absolute Gasteiger partial charge is 0.122 e. The van der Waals surface area contributed by atoms with E-state index in [4.69, 9.17) is 0 Å². The lowest BCUT2D eigenvalue weighted by atomic mass is 10.2. The molecule has 0 bridgehead atoms. The van der Waals surface area contributed by atoms with Gasteiger partial charge < -0.3 is 5.11 Å². The molecule has 1 nitrogen and oxygen atoms in total. The summed E-state index contributed by atoms with van der Waals surface area (Å²) in [6.45, 7) is 1.95. The van der Waals surface area contributed by atoms with Gasteiger partial charge in [-0.05, 0) is 13.0 Å². The molecule has 0 amide bonds. The highest BCUT2D eigenvalue weighted by Gasteiger charge is 1.91. The third-order valence-electron chi connectivity index (χ3n) is 1.52. The first-order chi connectivity index (χ1) is 5.84. The minimum Gasteiger partial charge on any atom is -0.507 e. The second-order valence-corrected chi connectivity index (χ2v) is 2.44. The maximum Gasteiger partial charge on any atom is 0.122 e. The maximum atomic E-state index is 9.33. The Hall–Kier alpha value is -1.50. The summed E-state index contributed by atoms with van der Waals surface area (Å²) in [5.74, 6) is 0.318. The van der Waals surface area contributed by atoms with Gasteiger partial charge in [-0.2, -0.15) is 0 Å². The summed E-state index contributed by atoms with van der Waals surface area (Å²) in [7, 11) is 0. The van der Waals surface area contributed by atoms with Gasteiger partial charge in [0.05, 0.1) is 0 Å². The predicted octanol–water partition coefficient (Wildman–Crippen LogP) is 2.98. The molecule has 0 aliphatic heterocycles. The van der Waals surface area contributed by atoms with E-state index in [1.54, 1.807) is 6.07 Å². The Bertz CT molecular complexity index is 298. The van der Waals surface area contributed by atoms with Crippen molar-refractivity contribution in [1.29, 1.82) is 0 Å². The van der Waals surface area contributed by atoms with Crippen molar-refractivity contribution in [3.8, 4) is 5.75 Å². The minimum atomic E-state index is 0.318. The molecule has 0 aliphatic carbocycles. The first-order valence-corrected chi connectivity index (χ1v) is 3.92. The molecular weight excluding hydrogens is 148 g/mol. The van der Waals surface area contributed by atoms with E-state index in [0.717, 1.165) is 5.56 Å². The summed E-state index contributed by atoms with van der Waals surface area (Å²) in [6, 6.07) is 7.25. The van der Waals surface area contributed by atoms with Crippen LogP contribution < -0.4 is 0 Å². The quantitative estimate of drug-likeness (QED) is 0.659. The van der Waals surface area contributed by atoms with E-state index >= 15 is 0 Å². The fourth-order valence-electron chi connectivity index (χ4n) is 0.899. The fourth-order valence-corrected chi connectivity index (χ4v) is 0.899. The minimum absolute atomic E-state index is 0.318. The Morgan fingerprint density at radius 3 is 2.58 bits per heavy atom. The summed E-state index contributed by atoms with van der Waals surface area (Å²) >= 11 is 0. The molecule has 0 aromatic heterocycles. The molecule has 0 saturated heterocycles. The number of para-hydroxylation sites is 1. The van der Waals surface area contributed by atoms with E-state index in [1.165, 1.54) is 0 Å². The molecule has 1 rings (SSSR count). The normalized spacial score (nSPS) is 11.4. The van der Waals surface area contributed by atoms with Crippen molar-refractivity contribution >= 4 is 6.08 Å². The molecule has 0 heterocycles. The topological polar surface area (TPSA) is 20.2 Å². The van der Waals surface area contributed by atoms with Crippen molar-refractivity contribution in [2.45, 2.75) is 6.92 Å². The number of rotatable bonds is 2. The molecule has 0 saturated carbocycles. The second-order valence-electron chi connectivity index (χ2n) is 2.44. The largest absolute Gasteiger partial charge is 0.507 e. The van der Waals surface area contributed by atoms with Crippen LogP contribution in [0.25, 0.3) is 6.08 Å². The number of aromatic hydroxyl groups is 1. The number of phenolic OH excluding ortho intramolecular Hbond substituents is 1. The summed E-state index contributed by atoms with van der Waals surface area (Å²) in [4.78, 5) is 0. The molecule has 1 N–H and O–H groups in total. The predicted molar refractivity (Wildman–Crippen MR) is 52.0 cm³/mol. The van der Waals surface area contributed by atoms with Crippen LogP contribution in [0.5, 0.6) is 5.75 Å². The lowest BCUT2D eigenvalue weighted by Crippen LogP contribution is -1.71. The van der Waals surface area contributed by atoms with E-state index in [1.807, 2.05) is 49.4 Å². The van der Waals surface area contributed by atoms with Gasteiger partial charge in [0.25, 0.3) is 0 Å². The van der Waals surface area contributed by atoms with Gasteiger partial charge in [-0.3, -0.25) is 0 Å². The summed E-state index contributed by atoms with van der Waals surface area (Å²) in [5.41, 5.74) is 0.843. The Balaban J connectivity index is 2.82. The van der Waals surface area contributed by atoms with E-state index < -0.39 is 0 Å². The van der Waals surface area contributed by atoms with Crippen molar-refractivity contribution in [3.63, 3.8) is 0 Å². The Labute approximate surface area is 72.7 Å². The Morgan fingerprint density at radius 2 is 1.92 bits per heavy atom. The lowest BCUT2D eigenvalue weighted by Gasteiger charge is -1.95. The van der Waals surface area contributed by atoms with Gasteiger partial charge in [0.2, 0.25) is 0 Å². The standard InChI is InChI=1S/C11H12O/c1-2-3-4-7-10-8-5-6-9-11(10)12/h2-9,12H,1H3/b3-2+,7-4+. The van der Waals surface area contributed by atoms with Crippen LogP contribution in [0.15, 0.2) is 42.5 Å². The van der Waals surface area contributed by atoms with Crippen LogP contribution >= 0.6 is 0 Å². The fraction of sp³-hybridized carbons (Fsp3) is 0.0909. The van der Waals surface area contributed by atoms with Crippen molar-refractivity contribution in [3.05, 3.63) is 48.1 Å². The van der Waals surface area contributed by atoms with Crippen molar-refractivity contribution in [2.75, 3.05) is 0 Å². The van der Waals surface area contributed by atoms with Crippen LogP contribution in [0.2, 0.25) is 0 Å². The van der Waals surface area contributed by atoms with Crippen LogP contribution in [0.1, 0.15) is 12.5 Å². The first kappa shape index (κ1) is 8.60. The average molecular weight is 160 g/mol. The summed E-state index contributed by atoms with van der Waals surface area (Å²) < 4.78 is 0. The first-order valence-electron chi connectivity index (χ1n) is 3.92. The Kier molecular flexibility index (Phi) is 3.15. The van der Waals surface area contributed by atoms with Crippen molar-refractivity contribution in [1.82, 2.24) is 0 Å². The molecule has 0 spiro atoms. The van der Waals surface area contributed by atoms with E-state index in [-0.39, 0.29) is 0 Å². The summed E-state index contributed by atoms with van der Waals surface area (Å²) in [5, 5.41) is 9.33.